The zero-order chi connectivity index (χ0) is 22.0. The van der Waals surface area contributed by atoms with Crippen molar-refractivity contribution in [3.8, 4) is 0 Å². The fraction of sp³-hybridized carbons (Fsp3) is 0.208. The Labute approximate surface area is 185 Å². The van der Waals surface area contributed by atoms with Gasteiger partial charge in [0.2, 0.25) is 17.7 Å². The predicted octanol–water partition coefficient (Wildman–Crippen LogP) is 3.94. The molecule has 0 saturated carbocycles. The topological polar surface area (TPSA) is 69.7 Å². The van der Waals surface area contributed by atoms with E-state index in [1.165, 1.54) is 4.90 Å². The molecule has 1 aliphatic rings. The number of halogens is 1. The first kappa shape index (κ1) is 20.9. The van der Waals surface area contributed by atoms with Crippen LogP contribution in [0.15, 0.2) is 66.7 Å². The van der Waals surface area contributed by atoms with Crippen LogP contribution in [0.1, 0.15) is 6.42 Å². The number of rotatable bonds is 5. The minimum absolute atomic E-state index is 0.0939. The molecule has 158 valence electrons. The van der Waals surface area contributed by atoms with E-state index in [-0.39, 0.29) is 30.7 Å². The molecule has 3 amide bonds. The van der Waals surface area contributed by atoms with Crippen molar-refractivity contribution in [1.29, 1.82) is 0 Å². The molecule has 4 rings (SSSR count). The lowest BCUT2D eigenvalue weighted by Crippen LogP contribution is -2.39. The van der Waals surface area contributed by atoms with Gasteiger partial charge in [-0.3, -0.25) is 14.4 Å². The SMILES string of the molecule is CN(CC(=O)Nc1ccccc1Cl)C(=O)[C@H]1CC(=O)N(c2cccc3ccccc23)C1. The number of nitrogens with zero attached hydrogens (tertiary/aromatic N) is 2. The second-order valence-corrected chi connectivity index (χ2v) is 8.03. The maximum absolute atomic E-state index is 12.9. The summed E-state index contributed by atoms with van der Waals surface area (Å²) in [6, 6.07) is 20.6. The van der Waals surface area contributed by atoms with Crippen LogP contribution in [0.2, 0.25) is 5.02 Å². The molecule has 31 heavy (non-hydrogen) atoms. The molecule has 3 aromatic rings. The standard InChI is InChI=1S/C24H22ClN3O3/c1-27(15-22(29)26-20-11-5-4-10-19(20)25)24(31)17-13-23(30)28(14-17)21-12-6-8-16-7-2-3-9-18(16)21/h2-12,17H,13-15H2,1H3,(H,26,29)/t17-/m0/s1. The molecule has 0 spiro atoms. The van der Waals surface area contributed by atoms with Crippen LogP contribution in [0.25, 0.3) is 10.8 Å². The van der Waals surface area contributed by atoms with Gasteiger partial charge in [-0.25, -0.2) is 0 Å². The zero-order valence-corrected chi connectivity index (χ0v) is 17.8. The van der Waals surface area contributed by atoms with Crippen LogP contribution in [0.3, 0.4) is 0 Å². The van der Waals surface area contributed by atoms with Gasteiger partial charge in [0, 0.05) is 25.4 Å². The van der Waals surface area contributed by atoms with Crippen LogP contribution in [0, 0.1) is 5.92 Å². The molecule has 1 atom stereocenters. The maximum atomic E-state index is 12.9. The number of likely N-dealkylation sites (N-methyl/N-ethyl adjacent to an activating group) is 1. The largest absolute Gasteiger partial charge is 0.336 e. The van der Waals surface area contributed by atoms with Crippen molar-refractivity contribution in [2.75, 3.05) is 30.4 Å². The first-order valence-corrected chi connectivity index (χ1v) is 10.4. The number of amides is 3. The van der Waals surface area contributed by atoms with E-state index in [1.807, 2.05) is 42.5 Å². The third-order valence-electron chi connectivity index (χ3n) is 5.44. The minimum Gasteiger partial charge on any atom is -0.336 e. The second-order valence-electron chi connectivity index (χ2n) is 7.63. The molecule has 0 radical (unpaired) electrons. The highest BCUT2D eigenvalue weighted by Gasteiger charge is 2.37. The Balaban J connectivity index is 1.43. The van der Waals surface area contributed by atoms with Gasteiger partial charge in [0.1, 0.15) is 0 Å². The Kier molecular flexibility index (Phi) is 5.91. The fourth-order valence-electron chi connectivity index (χ4n) is 3.91. The van der Waals surface area contributed by atoms with E-state index in [0.29, 0.717) is 17.3 Å². The first-order chi connectivity index (χ1) is 14.9. The summed E-state index contributed by atoms with van der Waals surface area (Å²) in [6.07, 6.45) is 0.124. The molecule has 1 fully saturated rings. The van der Waals surface area contributed by atoms with Crippen molar-refractivity contribution in [1.82, 2.24) is 4.90 Å². The van der Waals surface area contributed by atoms with Gasteiger partial charge >= 0.3 is 0 Å². The van der Waals surface area contributed by atoms with E-state index in [9.17, 15) is 14.4 Å². The lowest BCUT2D eigenvalue weighted by Gasteiger charge is -2.22. The molecule has 0 unspecified atom stereocenters. The Morgan fingerprint density at radius 3 is 2.58 bits per heavy atom. The van der Waals surface area contributed by atoms with E-state index in [4.69, 9.17) is 11.6 Å². The van der Waals surface area contributed by atoms with Crippen molar-refractivity contribution in [2.45, 2.75) is 6.42 Å². The van der Waals surface area contributed by atoms with Crippen molar-refractivity contribution in [2.24, 2.45) is 5.92 Å². The molecule has 1 saturated heterocycles. The summed E-state index contributed by atoms with van der Waals surface area (Å²) in [4.78, 5) is 41.0. The summed E-state index contributed by atoms with van der Waals surface area (Å²) < 4.78 is 0. The number of benzene rings is 3. The number of hydrogen-bond donors (Lipinski definition) is 1. The Bertz CT molecular complexity index is 1160. The number of carbonyl (C=O) groups excluding carboxylic acids is 3. The highest BCUT2D eigenvalue weighted by molar-refractivity contribution is 6.33. The molecule has 1 heterocycles. The molecule has 0 aliphatic carbocycles. The lowest BCUT2D eigenvalue weighted by atomic mass is 10.1. The molecule has 7 heteroatoms. The third-order valence-corrected chi connectivity index (χ3v) is 5.77. The molecular formula is C24H22ClN3O3. The lowest BCUT2D eigenvalue weighted by molar-refractivity contribution is -0.137. The van der Waals surface area contributed by atoms with Crippen molar-refractivity contribution < 1.29 is 14.4 Å². The van der Waals surface area contributed by atoms with Gasteiger partial charge in [0.15, 0.2) is 0 Å². The van der Waals surface area contributed by atoms with Crippen LogP contribution < -0.4 is 10.2 Å². The van der Waals surface area contributed by atoms with Gasteiger partial charge in [-0.05, 0) is 23.6 Å². The van der Waals surface area contributed by atoms with Gasteiger partial charge in [-0.1, -0.05) is 60.1 Å². The number of fused-ring (bicyclic) bond motifs is 1. The third kappa shape index (κ3) is 4.39. The average Bonchev–Trinajstić information content (AvgIpc) is 3.15. The molecule has 1 aliphatic heterocycles. The van der Waals surface area contributed by atoms with Crippen LogP contribution in [-0.2, 0) is 14.4 Å². The predicted molar refractivity (Wildman–Crippen MR) is 122 cm³/mol. The summed E-state index contributed by atoms with van der Waals surface area (Å²) >= 11 is 6.06. The van der Waals surface area contributed by atoms with Crippen molar-refractivity contribution >= 4 is 51.5 Å². The van der Waals surface area contributed by atoms with E-state index < -0.39 is 5.92 Å². The van der Waals surface area contributed by atoms with Gasteiger partial charge in [-0.15, -0.1) is 0 Å². The smallest absolute Gasteiger partial charge is 0.244 e. The van der Waals surface area contributed by atoms with Crippen LogP contribution in [0.5, 0.6) is 0 Å². The summed E-state index contributed by atoms with van der Waals surface area (Å²) in [5, 5.41) is 5.14. The van der Waals surface area contributed by atoms with Gasteiger partial charge in [0.25, 0.3) is 0 Å². The number of carbonyl (C=O) groups is 3. The van der Waals surface area contributed by atoms with E-state index in [1.54, 1.807) is 36.2 Å². The maximum Gasteiger partial charge on any atom is 0.244 e. The van der Waals surface area contributed by atoms with E-state index in [2.05, 4.69) is 5.32 Å². The molecule has 1 N–H and O–H groups in total. The number of hydrogen-bond acceptors (Lipinski definition) is 3. The number of anilines is 2. The van der Waals surface area contributed by atoms with E-state index in [0.717, 1.165) is 16.5 Å². The summed E-state index contributed by atoms with van der Waals surface area (Å²) in [6.45, 7) is 0.172. The molecular weight excluding hydrogens is 414 g/mol. The summed E-state index contributed by atoms with van der Waals surface area (Å²) in [5.41, 5.74) is 1.30. The normalized spacial score (nSPS) is 15.9. The summed E-state index contributed by atoms with van der Waals surface area (Å²) in [7, 11) is 1.57. The van der Waals surface area contributed by atoms with E-state index >= 15 is 0 Å². The van der Waals surface area contributed by atoms with Crippen LogP contribution >= 0.6 is 11.6 Å². The van der Waals surface area contributed by atoms with Crippen LogP contribution in [0.4, 0.5) is 11.4 Å². The number of nitrogens with one attached hydrogen (secondary N) is 1. The van der Waals surface area contributed by atoms with Gasteiger partial charge in [-0.2, -0.15) is 0 Å². The van der Waals surface area contributed by atoms with Gasteiger partial charge in [0.05, 0.1) is 28.9 Å². The number of para-hydroxylation sites is 1. The highest BCUT2D eigenvalue weighted by atomic mass is 35.5. The first-order valence-electron chi connectivity index (χ1n) is 10.0. The minimum atomic E-state index is -0.496. The second kappa shape index (κ2) is 8.78. The summed E-state index contributed by atoms with van der Waals surface area (Å²) in [5.74, 6) is -1.17. The van der Waals surface area contributed by atoms with Crippen LogP contribution in [-0.4, -0.2) is 42.8 Å². The molecule has 6 nitrogen and oxygen atoms in total. The molecule has 0 bridgehead atoms. The Hall–Kier alpha value is -3.38. The Morgan fingerprint density at radius 2 is 1.77 bits per heavy atom. The fourth-order valence-corrected chi connectivity index (χ4v) is 4.09. The van der Waals surface area contributed by atoms with Crippen molar-refractivity contribution in [3.05, 3.63) is 71.8 Å². The molecule has 3 aromatic carbocycles. The monoisotopic (exact) mass is 435 g/mol. The zero-order valence-electron chi connectivity index (χ0n) is 17.0. The van der Waals surface area contributed by atoms with Crippen molar-refractivity contribution in [3.63, 3.8) is 0 Å². The highest BCUT2D eigenvalue weighted by Crippen LogP contribution is 2.32. The average molecular weight is 436 g/mol. The van der Waals surface area contributed by atoms with Gasteiger partial charge < -0.3 is 15.1 Å². The molecule has 0 aromatic heterocycles. The Morgan fingerprint density at radius 1 is 1.06 bits per heavy atom. The quantitative estimate of drug-likeness (QED) is 0.659.